The lowest BCUT2D eigenvalue weighted by Gasteiger charge is -2.15. The molecule has 0 aromatic rings. The lowest BCUT2D eigenvalue weighted by atomic mass is 9.95. The summed E-state index contributed by atoms with van der Waals surface area (Å²) in [5, 5.41) is 9.71. The molecule has 0 fully saturated rings. The molecule has 0 aliphatic rings. The highest BCUT2D eigenvalue weighted by Gasteiger charge is 2.19. The summed E-state index contributed by atoms with van der Waals surface area (Å²) in [4.78, 5) is 23.2. The van der Waals surface area contributed by atoms with Gasteiger partial charge in [0.1, 0.15) is 0 Å². The number of hydrogen-bond acceptors (Lipinski definition) is 3. The zero-order chi connectivity index (χ0) is 14.1. The Balaban J connectivity index is 4.42. The molecule has 18 heavy (non-hydrogen) atoms. The van der Waals surface area contributed by atoms with Crippen molar-refractivity contribution in [1.29, 1.82) is 0 Å². The quantitative estimate of drug-likeness (QED) is 0.676. The molecule has 0 spiro atoms. The average molecular weight is 252 g/mol. The second-order valence-corrected chi connectivity index (χ2v) is 4.60. The van der Waals surface area contributed by atoms with Gasteiger partial charge in [-0.15, -0.1) is 0 Å². The third-order valence-corrected chi connectivity index (χ3v) is 2.94. The van der Waals surface area contributed by atoms with E-state index in [2.05, 4.69) is 0 Å². The van der Waals surface area contributed by atoms with E-state index in [1.165, 1.54) is 12.2 Å². The van der Waals surface area contributed by atoms with Crippen LogP contribution in [-0.4, -0.2) is 22.8 Å². The minimum absolute atomic E-state index is 0.0247. The van der Waals surface area contributed by atoms with Crippen LogP contribution in [0.2, 0.25) is 0 Å². The van der Waals surface area contributed by atoms with E-state index in [1.54, 1.807) is 32.9 Å². The van der Waals surface area contributed by atoms with Gasteiger partial charge in [-0.1, -0.05) is 39.3 Å². The minimum Gasteiger partial charge on any atom is -0.392 e. The number of aliphatic hydroxyl groups excluding tert-OH is 1. The fraction of sp³-hybridized carbons (Fsp3) is 0.600. The van der Waals surface area contributed by atoms with E-state index in [4.69, 9.17) is 0 Å². The minimum atomic E-state index is -0.603. The Morgan fingerprint density at radius 2 is 1.78 bits per heavy atom. The molecular formula is C15H24O3. The zero-order valence-corrected chi connectivity index (χ0v) is 11.7. The van der Waals surface area contributed by atoms with Crippen LogP contribution < -0.4 is 0 Å². The highest BCUT2D eigenvalue weighted by Crippen LogP contribution is 2.12. The molecule has 0 heterocycles. The average Bonchev–Trinajstić information content (AvgIpc) is 2.35. The lowest BCUT2D eigenvalue weighted by molar-refractivity contribution is -0.121. The Morgan fingerprint density at radius 3 is 2.28 bits per heavy atom. The molecule has 3 heteroatoms. The van der Waals surface area contributed by atoms with E-state index >= 15 is 0 Å². The van der Waals surface area contributed by atoms with Gasteiger partial charge in [-0.2, -0.15) is 0 Å². The first-order chi connectivity index (χ1) is 8.43. The molecule has 0 aliphatic carbocycles. The van der Waals surface area contributed by atoms with Crippen molar-refractivity contribution in [3.05, 3.63) is 24.3 Å². The lowest BCUT2D eigenvalue weighted by Crippen LogP contribution is -2.24. The molecular weight excluding hydrogens is 228 g/mol. The summed E-state index contributed by atoms with van der Waals surface area (Å²) in [6, 6.07) is 0. The monoisotopic (exact) mass is 252 g/mol. The number of hydrogen-bond donors (Lipinski definition) is 1. The SMILES string of the molecule is C/C=C/C(=O)C(C)/C=C/C(=O)C(C)C(O)CCC. The fourth-order valence-electron chi connectivity index (χ4n) is 1.54. The van der Waals surface area contributed by atoms with Crippen molar-refractivity contribution < 1.29 is 14.7 Å². The predicted octanol–water partition coefficient (Wildman–Crippen LogP) is 2.69. The normalized spacial score (nSPS) is 16.9. The van der Waals surface area contributed by atoms with Gasteiger partial charge in [0.05, 0.1) is 6.10 Å². The molecule has 3 nitrogen and oxygen atoms in total. The van der Waals surface area contributed by atoms with Gasteiger partial charge >= 0.3 is 0 Å². The van der Waals surface area contributed by atoms with Crippen LogP contribution in [0.3, 0.4) is 0 Å². The van der Waals surface area contributed by atoms with Crippen LogP contribution in [0.5, 0.6) is 0 Å². The maximum Gasteiger partial charge on any atom is 0.161 e. The van der Waals surface area contributed by atoms with Crippen molar-refractivity contribution in [3.63, 3.8) is 0 Å². The number of allylic oxidation sites excluding steroid dienone is 4. The molecule has 0 saturated heterocycles. The summed E-state index contributed by atoms with van der Waals surface area (Å²) in [7, 11) is 0. The summed E-state index contributed by atoms with van der Waals surface area (Å²) in [6.45, 7) is 7.21. The number of ketones is 2. The van der Waals surface area contributed by atoms with Crippen molar-refractivity contribution in [1.82, 2.24) is 0 Å². The fourth-order valence-corrected chi connectivity index (χ4v) is 1.54. The summed E-state index contributed by atoms with van der Waals surface area (Å²) in [6.07, 6.45) is 7.05. The topological polar surface area (TPSA) is 54.4 Å². The standard InChI is InChI=1S/C15H24O3/c1-5-7-13(16)11(3)9-10-15(18)12(4)14(17)8-6-2/h5,7,9-12,14,17H,6,8H2,1-4H3/b7-5+,10-9+. The van der Waals surface area contributed by atoms with Crippen molar-refractivity contribution in [2.45, 2.75) is 46.6 Å². The molecule has 0 bridgehead atoms. The van der Waals surface area contributed by atoms with Crippen molar-refractivity contribution in [3.8, 4) is 0 Å². The molecule has 0 aromatic heterocycles. The first-order valence-electron chi connectivity index (χ1n) is 6.50. The molecule has 3 atom stereocenters. The van der Waals surface area contributed by atoms with Crippen LogP contribution in [0.1, 0.15) is 40.5 Å². The second kappa shape index (κ2) is 8.81. The molecule has 102 valence electrons. The van der Waals surface area contributed by atoms with Crippen LogP contribution in [0, 0.1) is 11.8 Å². The Kier molecular flexibility index (Phi) is 8.21. The smallest absolute Gasteiger partial charge is 0.161 e. The summed E-state index contributed by atoms with van der Waals surface area (Å²) in [5.74, 6) is -0.870. The van der Waals surface area contributed by atoms with Crippen LogP contribution in [0.4, 0.5) is 0 Å². The number of carbonyl (C=O) groups excluding carboxylic acids is 2. The van der Waals surface area contributed by atoms with Crippen LogP contribution >= 0.6 is 0 Å². The van der Waals surface area contributed by atoms with Gasteiger partial charge < -0.3 is 5.11 Å². The Morgan fingerprint density at radius 1 is 1.17 bits per heavy atom. The van der Waals surface area contributed by atoms with Crippen LogP contribution in [-0.2, 0) is 9.59 Å². The van der Waals surface area contributed by atoms with E-state index in [9.17, 15) is 14.7 Å². The third-order valence-electron chi connectivity index (χ3n) is 2.94. The molecule has 1 N–H and O–H groups in total. The molecule has 0 rings (SSSR count). The first kappa shape index (κ1) is 16.8. The maximum atomic E-state index is 11.8. The largest absolute Gasteiger partial charge is 0.392 e. The first-order valence-corrected chi connectivity index (χ1v) is 6.50. The van der Waals surface area contributed by atoms with E-state index in [0.29, 0.717) is 6.42 Å². The molecule has 0 aliphatic heterocycles. The maximum absolute atomic E-state index is 11.8. The Bertz CT molecular complexity index is 329. The van der Waals surface area contributed by atoms with Gasteiger partial charge in [0.25, 0.3) is 0 Å². The van der Waals surface area contributed by atoms with E-state index < -0.39 is 12.0 Å². The van der Waals surface area contributed by atoms with Gasteiger partial charge in [0.15, 0.2) is 11.6 Å². The molecule has 0 amide bonds. The van der Waals surface area contributed by atoms with Gasteiger partial charge in [0.2, 0.25) is 0 Å². The van der Waals surface area contributed by atoms with Gasteiger partial charge in [-0.25, -0.2) is 0 Å². The van der Waals surface area contributed by atoms with Gasteiger partial charge in [-0.3, -0.25) is 9.59 Å². The Hall–Kier alpha value is -1.22. The van der Waals surface area contributed by atoms with E-state index in [1.807, 2.05) is 6.92 Å². The molecule has 0 aromatic carbocycles. The Labute approximate surface area is 110 Å². The number of rotatable bonds is 8. The van der Waals surface area contributed by atoms with E-state index in [0.717, 1.165) is 6.42 Å². The summed E-state index contributed by atoms with van der Waals surface area (Å²) >= 11 is 0. The predicted molar refractivity (Wildman–Crippen MR) is 73.2 cm³/mol. The van der Waals surface area contributed by atoms with E-state index in [-0.39, 0.29) is 17.5 Å². The number of aliphatic hydroxyl groups is 1. The summed E-state index contributed by atoms with van der Waals surface area (Å²) < 4.78 is 0. The zero-order valence-electron chi connectivity index (χ0n) is 11.7. The van der Waals surface area contributed by atoms with Crippen molar-refractivity contribution >= 4 is 11.6 Å². The van der Waals surface area contributed by atoms with Gasteiger partial charge in [-0.05, 0) is 25.5 Å². The molecule has 0 saturated carbocycles. The molecule has 3 unspecified atom stereocenters. The number of carbonyl (C=O) groups is 2. The third kappa shape index (κ3) is 5.92. The van der Waals surface area contributed by atoms with Gasteiger partial charge in [0, 0.05) is 11.8 Å². The summed E-state index contributed by atoms with van der Waals surface area (Å²) in [5.41, 5.74) is 0. The van der Waals surface area contributed by atoms with Crippen molar-refractivity contribution in [2.24, 2.45) is 11.8 Å². The highest BCUT2D eigenvalue weighted by atomic mass is 16.3. The van der Waals surface area contributed by atoms with Crippen molar-refractivity contribution in [2.75, 3.05) is 0 Å². The van der Waals surface area contributed by atoms with Crippen LogP contribution in [0.15, 0.2) is 24.3 Å². The molecule has 0 radical (unpaired) electrons. The second-order valence-electron chi connectivity index (χ2n) is 4.60. The van der Waals surface area contributed by atoms with Crippen LogP contribution in [0.25, 0.3) is 0 Å². The highest BCUT2D eigenvalue weighted by molar-refractivity contribution is 5.95.